The molecule has 0 unspecified atom stereocenters. The third kappa shape index (κ3) is 5.44. The van der Waals surface area contributed by atoms with Gasteiger partial charge in [0.1, 0.15) is 0 Å². The van der Waals surface area contributed by atoms with Gasteiger partial charge < -0.3 is 0 Å². The molecule has 0 bridgehead atoms. The van der Waals surface area contributed by atoms with Gasteiger partial charge in [-0.2, -0.15) is 0 Å². The summed E-state index contributed by atoms with van der Waals surface area (Å²) < 4.78 is 2.91. The Hall–Kier alpha value is -1.10. The molecule has 5 heteroatoms. The van der Waals surface area contributed by atoms with Crippen LogP contribution in [-0.4, -0.2) is 16.5 Å². The zero-order chi connectivity index (χ0) is 18.8. The number of allylic oxidation sites excluding steroid dienone is 8. The maximum atomic E-state index is 3.91. The van der Waals surface area contributed by atoms with E-state index in [0.717, 1.165) is 0 Å². The summed E-state index contributed by atoms with van der Waals surface area (Å²) in [6, 6.07) is 0. The average molecular weight is 531 g/mol. The first-order valence-electron chi connectivity index (χ1n) is 8.53. The predicted octanol–water partition coefficient (Wildman–Crippen LogP) is 4.90. The van der Waals surface area contributed by atoms with E-state index in [9.17, 15) is 0 Å². The van der Waals surface area contributed by atoms with Crippen LogP contribution in [0, 0.1) is 0 Å². The molecule has 0 fully saturated rings. The van der Waals surface area contributed by atoms with Crippen LogP contribution in [0.4, 0.5) is 0 Å². The van der Waals surface area contributed by atoms with E-state index in [-0.39, 0.29) is 0 Å². The van der Waals surface area contributed by atoms with Crippen molar-refractivity contribution in [3.63, 3.8) is 0 Å². The van der Waals surface area contributed by atoms with Crippen molar-refractivity contribution in [1.82, 2.24) is 9.96 Å². The fraction of sp³-hybridized carbons (Fsp3) is 0.300. The van der Waals surface area contributed by atoms with Crippen molar-refractivity contribution in [2.45, 2.75) is 39.3 Å². The molecule has 0 spiro atoms. The molecule has 0 aliphatic heterocycles. The van der Waals surface area contributed by atoms with Crippen molar-refractivity contribution in [3.05, 3.63) is 78.1 Å². The molecule has 0 saturated heterocycles. The minimum absolute atomic E-state index is 1.17. The van der Waals surface area contributed by atoms with Gasteiger partial charge in [-0.1, -0.05) is 0 Å². The van der Waals surface area contributed by atoms with E-state index in [4.69, 9.17) is 0 Å². The van der Waals surface area contributed by atoms with Crippen LogP contribution >= 0.6 is 0 Å². The fourth-order valence-corrected chi connectivity index (χ4v) is 10.7. The summed E-state index contributed by atoms with van der Waals surface area (Å²) in [5.41, 5.74) is 11.2. The molecule has 0 radical (unpaired) electrons. The SMILES string of the molecule is C=C=C1C=CC(N[Si](C)(C)C)=[C]1[Hf][C]1=C(N[Si](C)(C)C)C=CC1=C=C. The van der Waals surface area contributed by atoms with Gasteiger partial charge in [0.05, 0.1) is 0 Å². The normalized spacial score (nSPS) is 17.2. The van der Waals surface area contributed by atoms with E-state index in [1.165, 1.54) is 29.2 Å². The van der Waals surface area contributed by atoms with E-state index in [1.807, 2.05) is 0 Å². The van der Waals surface area contributed by atoms with E-state index in [1.54, 1.807) is 0 Å². The molecule has 0 heterocycles. The van der Waals surface area contributed by atoms with Crippen LogP contribution in [0.15, 0.2) is 78.1 Å². The monoisotopic (exact) mass is 532 g/mol. The van der Waals surface area contributed by atoms with Crippen LogP contribution in [0.3, 0.4) is 0 Å². The molecule has 0 aromatic heterocycles. The van der Waals surface area contributed by atoms with Gasteiger partial charge in [0.15, 0.2) is 0 Å². The van der Waals surface area contributed by atoms with Gasteiger partial charge in [0.2, 0.25) is 0 Å². The third-order valence-electron chi connectivity index (χ3n) is 3.56. The number of nitrogens with one attached hydrogen (secondary N) is 2. The van der Waals surface area contributed by atoms with Crippen molar-refractivity contribution in [3.8, 4) is 0 Å². The van der Waals surface area contributed by atoms with Gasteiger partial charge in [-0.05, 0) is 0 Å². The van der Waals surface area contributed by atoms with Crippen molar-refractivity contribution in [2.75, 3.05) is 0 Å². The number of hydrogen-bond donors (Lipinski definition) is 2. The summed E-state index contributed by atoms with van der Waals surface area (Å²) in [5, 5.41) is 0. The molecule has 2 aliphatic carbocycles. The number of rotatable bonds is 6. The molecular formula is C20H28HfN2Si2. The predicted molar refractivity (Wildman–Crippen MR) is 111 cm³/mol. The van der Waals surface area contributed by atoms with Crippen molar-refractivity contribution >= 4 is 16.5 Å². The molecule has 0 atom stereocenters. The van der Waals surface area contributed by atoms with Gasteiger partial charge in [-0.15, -0.1) is 0 Å². The summed E-state index contributed by atoms with van der Waals surface area (Å²) in [6.07, 6.45) is 8.73. The van der Waals surface area contributed by atoms with E-state index >= 15 is 0 Å². The molecule has 0 aromatic carbocycles. The second kappa shape index (κ2) is 7.65. The van der Waals surface area contributed by atoms with Gasteiger partial charge in [0.25, 0.3) is 0 Å². The summed E-state index contributed by atoms with van der Waals surface area (Å²) in [6.45, 7) is 21.8. The first-order chi connectivity index (χ1) is 11.5. The zero-order valence-corrected chi connectivity index (χ0v) is 21.8. The van der Waals surface area contributed by atoms with Crippen molar-refractivity contribution < 1.29 is 22.9 Å². The standard InChI is InChI=1S/2C10H14NSi.Hf/c2*1-5-9-6-7-10(8-9)11-12(2,3)4;/h2*6-7,11H,1H2,2-4H3;. The Morgan fingerprint density at radius 2 is 1.08 bits per heavy atom. The second-order valence-corrected chi connectivity index (χ2v) is 22.3. The van der Waals surface area contributed by atoms with Crippen LogP contribution in [0.25, 0.3) is 0 Å². The van der Waals surface area contributed by atoms with Gasteiger partial charge in [0, 0.05) is 0 Å². The average Bonchev–Trinajstić information content (AvgIpc) is 3.01. The topological polar surface area (TPSA) is 24.1 Å². The van der Waals surface area contributed by atoms with Gasteiger partial charge in [-0.3, -0.25) is 0 Å². The summed E-state index contributed by atoms with van der Waals surface area (Å²) in [7, 11) is -2.81. The van der Waals surface area contributed by atoms with Crippen LogP contribution in [0.2, 0.25) is 39.3 Å². The zero-order valence-electron chi connectivity index (χ0n) is 16.2. The third-order valence-corrected chi connectivity index (χ3v) is 11.3. The van der Waals surface area contributed by atoms with Crippen molar-refractivity contribution in [1.29, 1.82) is 0 Å². The Balaban J connectivity index is 2.45. The number of hydrogen-bond acceptors (Lipinski definition) is 2. The first-order valence-corrected chi connectivity index (χ1v) is 19.1. The van der Waals surface area contributed by atoms with E-state index in [0.29, 0.717) is 0 Å². The Morgan fingerprint density at radius 3 is 1.36 bits per heavy atom. The molecule has 2 nitrogen and oxygen atoms in total. The Bertz CT molecular complexity index is 734. The summed E-state index contributed by atoms with van der Waals surface area (Å²) in [4.78, 5) is 7.59. The van der Waals surface area contributed by atoms with Crippen LogP contribution in [0.5, 0.6) is 0 Å². The quantitative estimate of drug-likeness (QED) is 0.377. The van der Waals surface area contributed by atoms with Gasteiger partial charge >= 0.3 is 167 Å². The Morgan fingerprint density at radius 1 is 0.720 bits per heavy atom. The fourth-order valence-electron chi connectivity index (χ4n) is 2.66. The summed E-state index contributed by atoms with van der Waals surface area (Å²) in [5.74, 6) is 0. The molecule has 0 saturated carbocycles. The molecule has 25 heavy (non-hydrogen) atoms. The van der Waals surface area contributed by atoms with Crippen LogP contribution in [0.1, 0.15) is 0 Å². The van der Waals surface area contributed by atoms with Crippen molar-refractivity contribution in [2.24, 2.45) is 0 Å². The molecule has 2 rings (SSSR count). The van der Waals surface area contributed by atoms with Crippen LogP contribution < -0.4 is 9.96 Å². The molecule has 0 amide bonds. The second-order valence-electron chi connectivity index (χ2n) is 8.30. The Kier molecular flexibility index (Phi) is 6.19. The van der Waals surface area contributed by atoms with Gasteiger partial charge in [-0.25, -0.2) is 0 Å². The molecular weight excluding hydrogens is 503 g/mol. The molecule has 2 N–H and O–H groups in total. The summed E-state index contributed by atoms with van der Waals surface area (Å²) >= 11 is -1.33. The van der Waals surface area contributed by atoms with E-state index in [2.05, 4.69) is 98.2 Å². The molecule has 0 aromatic rings. The Labute approximate surface area is 166 Å². The van der Waals surface area contributed by atoms with E-state index < -0.39 is 39.4 Å². The maximum absolute atomic E-state index is 3.91. The van der Waals surface area contributed by atoms with Crippen LogP contribution in [-0.2, 0) is 22.9 Å². The molecule has 130 valence electrons. The minimum atomic E-state index is -1.41. The first kappa shape index (κ1) is 20.2. The molecule has 2 aliphatic rings.